The molecule has 0 saturated heterocycles. The zero-order valence-corrected chi connectivity index (χ0v) is 12.5. The Balaban J connectivity index is 2.19. The molecular formula is C16H14NO3S+. The first-order chi connectivity index (χ1) is 10.1. The molecule has 0 radical (unpaired) electrons. The molecule has 1 atom stereocenters. The van der Waals surface area contributed by atoms with Crippen molar-refractivity contribution in [2.45, 2.75) is 0 Å². The molecule has 0 amide bonds. The van der Waals surface area contributed by atoms with Crippen LogP contribution >= 0.6 is 10.7 Å². The van der Waals surface area contributed by atoms with Gasteiger partial charge in [0.1, 0.15) is 16.1 Å². The molecule has 21 heavy (non-hydrogen) atoms. The van der Waals surface area contributed by atoms with Crippen LogP contribution < -0.4 is 5.56 Å². The lowest BCUT2D eigenvalue weighted by Gasteiger charge is -1.98. The number of hydrogen-bond acceptors (Lipinski definition) is 3. The van der Waals surface area contributed by atoms with E-state index >= 15 is 0 Å². The van der Waals surface area contributed by atoms with Gasteiger partial charge in [-0.3, -0.25) is 4.79 Å². The molecule has 0 bridgehead atoms. The predicted molar refractivity (Wildman–Crippen MR) is 84.3 cm³/mol. The normalized spacial score (nSPS) is 11.6. The summed E-state index contributed by atoms with van der Waals surface area (Å²) in [4.78, 5) is 24.7. The minimum Gasteiger partial charge on any atom is -0.465 e. The average Bonchev–Trinajstić information content (AvgIpc) is 2.79. The first-order valence-electron chi connectivity index (χ1n) is 6.43. The lowest BCUT2D eigenvalue weighted by atomic mass is 10.2. The lowest BCUT2D eigenvalue weighted by Crippen LogP contribution is -2.09. The number of ether oxygens (including phenoxy) is 1. The molecule has 106 valence electrons. The molecule has 1 unspecified atom stereocenters. The third-order valence-corrected chi connectivity index (χ3v) is 5.59. The van der Waals surface area contributed by atoms with Gasteiger partial charge >= 0.3 is 11.5 Å². The zero-order chi connectivity index (χ0) is 15.0. The van der Waals surface area contributed by atoms with Crippen molar-refractivity contribution in [3.63, 3.8) is 0 Å². The average molecular weight is 300 g/mol. The second kappa shape index (κ2) is 5.18. The third kappa shape index (κ3) is 2.15. The summed E-state index contributed by atoms with van der Waals surface area (Å²) in [6, 6.07) is 14.9. The van der Waals surface area contributed by atoms with Crippen molar-refractivity contribution < 1.29 is 9.53 Å². The fourth-order valence-electron chi connectivity index (χ4n) is 2.33. The van der Waals surface area contributed by atoms with Gasteiger partial charge in [-0.15, -0.1) is 3.96 Å². The highest BCUT2D eigenvalue weighted by molar-refractivity contribution is 7.41. The van der Waals surface area contributed by atoms with Gasteiger partial charge in [0, 0.05) is 18.2 Å². The Morgan fingerprint density at radius 2 is 1.76 bits per heavy atom. The van der Waals surface area contributed by atoms with E-state index in [-0.39, 0.29) is 11.5 Å². The van der Waals surface area contributed by atoms with Gasteiger partial charge in [0.05, 0.1) is 19.7 Å². The number of esters is 1. The molecule has 0 aliphatic heterocycles. The largest absolute Gasteiger partial charge is 0.465 e. The van der Waals surface area contributed by atoms with Gasteiger partial charge < -0.3 is 4.74 Å². The summed E-state index contributed by atoms with van der Waals surface area (Å²) in [7, 11) is 2.73. The summed E-state index contributed by atoms with van der Waals surface area (Å²) in [6.45, 7) is 0. The molecule has 0 aliphatic carbocycles. The predicted octanol–water partition coefficient (Wildman–Crippen LogP) is 3.06. The number of nitrogens with zero attached hydrogens (tertiary/aromatic N) is 1. The van der Waals surface area contributed by atoms with Crippen molar-refractivity contribution in [1.82, 2.24) is 3.96 Å². The molecule has 0 N–H and O–H groups in total. The summed E-state index contributed by atoms with van der Waals surface area (Å²) in [6.07, 6.45) is 0. The SMILES string of the molecule is COC(=O)c1ccc(-[s+]2c3ccccc3c(=O)n2C)cc1. The van der Waals surface area contributed by atoms with Gasteiger partial charge in [-0.25, -0.2) is 4.79 Å². The highest BCUT2D eigenvalue weighted by Crippen LogP contribution is 2.36. The van der Waals surface area contributed by atoms with Gasteiger partial charge in [-0.2, -0.15) is 0 Å². The molecule has 3 rings (SSSR count). The number of benzene rings is 2. The van der Waals surface area contributed by atoms with Gasteiger partial charge in [-0.05, 0) is 18.2 Å². The molecule has 4 nitrogen and oxygen atoms in total. The maximum atomic E-state index is 12.3. The number of methoxy groups -OCH3 is 1. The van der Waals surface area contributed by atoms with Crippen LogP contribution in [-0.2, 0) is 11.8 Å². The number of fused-ring (bicyclic) bond motifs is 1. The Labute approximate surface area is 124 Å². The van der Waals surface area contributed by atoms with E-state index in [2.05, 4.69) is 0 Å². The molecule has 0 aliphatic rings. The Morgan fingerprint density at radius 3 is 2.43 bits per heavy atom. The molecule has 0 spiro atoms. The third-order valence-electron chi connectivity index (χ3n) is 3.38. The number of aromatic nitrogens is 1. The fourth-order valence-corrected chi connectivity index (χ4v) is 4.43. The van der Waals surface area contributed by atoms with Gasteiger partial charge in [0.25, 0.3) is 0 Å². The Kier molecular flexibility index (Phi) is 3.35. The molecule has 1 aromatic heterocycles. The molecule has 0 saturated carbocycles. The van der Waals surface area contributed by atoms with E-state index < -0.39 is 10.7 Å². The van der Waals surface area contributed by atoms with E-state index in [0.29, 0.717) is 5.56 Å². The second-order valence-electron chi connectivity index (χ2n) is 4.60. The van der Waals surface area contributed by atoms with Gasteiger partial charge in [0.15, 0.2) is 0 Å². The van der Waals surface area contributed by atoms with E-state index in [9.17, 15) is 9.59 Å². The van der Waals surface area contributed by atoms with E-state index in [1.54, 1.807) is 23.1 Å². The summed E-state index contributed by atoms with van der Waals surface area (Å²) in [5.74, 6) is -0.360. The van der Waals surface area contributed by atoms with Crippen LogP contribution in [0.1, 0.15) is 10.4 Å². The van der Waals surface area contributed by atoms with E-state index in [0.717, 1.165) is 15.0 Å². The smallest absolute Gasteiger partial charge is 0.337 e. The van der Waals surface area contributed by atoms with Crippen molar-refractivity contribution in [1.29, 1.82) is 0 Å². The van der Waals surface area contributed by atoms with E-state index in [1.165, 1.54) is 7.11 Å². The van der Waals surface area contributed by atoms with Crippen molar-refractivity contribution in [3.8, 4) is 4.90 Å². The number of carbonyl (C=O) groups excluding carboxylic acids is 1. The fraction of sp³-hybridized carbons (Fsp3) is 0.125. The minimum absolute atomic E-state index is 0.0333. The van der Waals surface area contributed by atoms with Crippen LogP contribution in [0.25, 0.3) is 15.0 Å². The van der Waals surface area contributed by atoms with Crippen LogP contribution in [0.2, 0.25) is 0 Å². The first kappa shape index (κ1) is 13.6. The summed E-state index contributed by atoms with van der Waals surface area (Å²) >= 11 is 0. The highest BCUT2D eigenvalue weighted by atomic mass is 32.2. The van der Waals surface area contributed by atoms with Crippen molar-refractivity contribution in [3.05, 3.63) is 64.4 Å². The van der Waals surface area contributed by atoms with Crippen molar-refractivity contribution >= 4 is 26.7 Å². The molecule has 3 aromatic rings. The Hall–Kier alpha value is -2.40. The molecular weight excluding hydrogens is 286 g/mol. The van der Waals surface area contributed by atoms with Crippen LogP contribution in [0, 0.1) is 0 Å². The molecule has 2 aromatic carbocycles. The Morgan fingerprint density at radius 1 is 1.10 bits per heavy atom. The van der Waals surface area contributed by atoms with E-state index in [4.69, 9.17) is 4.74 Å². The van der Waals surface area contributed by atoms with Crippen molar-refractivity contribution in [2.75, 3.05) is 7.11 Å². The minimum atomic E-state index is -0.432. The van der Waals surface area contributed by atoms with Crippen molar-refractivity contribution in [2.24, 2.45) is 7.05 Å². The zero-order valence-electron chi connectivity index (χ0n) is 11.7. The summed E-state index contributed by atoms with van der Waals surface area (Å²) in [5.41, 5.74) is 0.539. The molecule has 1 heterocycles. The van der Waals surface area contributed by atoms with Gasteiger partial charge in [-0.1, -0.05) is 12.1 Å². The Bertz CT molecular complexity index is 875. The lowest BCUT2D eigenvalue weighted by molar-refractivity contribution is 0.0601. The van der Waals surface area contributed by atoms with Crippen LogP contribution in [0.3, 0.4) is 0 Å². The number of carbonyl (C=O) groups is 1. The molecule has 0 fully saturated rings. The summed E-state index contributed by atoms with van der Waals surface area (Å²) in [5, 5.41) is 0.750. The maximum Gasteiger partial charge on any atom is 0.337 e. The van der Waals surface area contributed by atoms with Gasteiger partial charge in [0.2, 0.25) is 9.60 Å². The van der Waals surface area contributed by atoms with Crippen LogP contribution in [0.15, 0.2) is 53.3 Å². The topological polar surface area (TPSA) is 48.3 Å². The molecule has 5 heteroatoms. The monoisotopic (exact) mass is 300 g/mol. The number of hydrogen-bond donors (Lipinski definition) is 0. The second-order valence-corrected chi connectivity index (χ2v) is 6.63. The van der Waals surface area contributed by atoms with Crippen LogP contribution in [-0.4, -0.2) is 17.0 Å². The standard InChI is InChI=1S/C16H14NO3S/c1-17-15(18)13-5-3-4-6-14(13)21(17)12-9-7-11(8-10-12)16(19)20-2/h3-10H,1-2H3/q+1. The van der Waals surface area contributed by atoms with E-state index in [1.807, 2.05) is 36.4 Å². The first-order valence-corrected chi connectivity index (χ1v) is 7.61. The number of rotatable bonds is 2. The highest BCUT2D eigenvalue weighted by Gasteiger charge is 2.23. The quantitative estimate of drug-likeness (QED) is 0.540. The summed E-state index contributed by atoms with van der Waals surface area (Å²) < 4.78 is 7.47. The van der Waals surface area contributed by atoms with Crippen LogP contribution in [0.5, 0.6) is 0 Å². The maximum absolute atomic E-state index is 12.3. The van der Waals surface area contributed by atoms with Crippen LogP contribution in [0.4, 0.5) is 0 Å².